The Balaban J connectivity index is 1.54. The van der Waals surface area contributed by atoms with Gasteiger partial charge in [0.05, 0.1) is 12.1 Å². The number of nitrogens with one attached hydrogen (secondary N) is 3. The average molecular weight is 519 g/mol. The molecule has 2 saturated heterocycles. The van der Waals surface area contributed by atoms with Crippen molar-refractivity contribution < 1.29 is 33.1 Å². The number of likely N-dealkylation sites (tertiary alicyclic amines) is 1. The Hall–Kier alpha value is -3.50. The number of rotatable bonds is 12. The van der Waals surface area contributed by atoms with Gasteiger partial charge in [-0.2, -0.15) is 0 Å². The quantitative estimate of drug-likeness (QED) is 0.361. The molecule has 2 aliphatic rings. The van der Waals surface area contributed by atoms with Crippen LogP contribution in [0.25, 0.3) is 0 Å². The molecule has 0 saturated carbocycles. The van der Waals surface area contributed by atoms with Crippen molar-refractivity contribution in [3.8, 4) is 0 Å². The normalized spacial score (nSPS) is 20.9. The number of aldehydes is 1. The van der Waals surface area contributed by atoms with Crippen molar-refractivity contribution in [3.63, 3.8) is 0 Å². The third-order valence-corrected chi connectivity index (χ3v) is 6.61. The molecule has 3 rings (SSSR count). The second kappa shape index (κ2) is 13.2. The Labute approximate surface area is 215 Å². The lowest BCUT2D eigenvalue weighted by Crippen LogP contribution is -2.51. The van der Waals surface area contributed by atoms with Gasteiger partial charge in [-0.1, -0.05) is 26.0 Å². The van der Waals surface area contributed by atoms with Crippen molar-refractivity contribution in [2.24, 2.45) is 11.8 Å². The third kappa shape index (κ3) is 8.26. The molecule has 0 aromatic heterocycles. The van der Waals surface area contributed by atoms with E-state index in [9.17, 15) is 28.4 Å². The van der Waals surface area contributed by atoms with Crippen molar-refractivity contribution in [2.75, 3.05) is 13.2 Å². The second-order valence-corrected chi connectivity index (χ2v) is 10.0. The lowest BCUT2D eigenvalue weighted by molar-refractivity contribution is -0.130. The highest BCUT2D eigenvalue weighted by atomic mass is 19.1. The first kappa shape index (κ1) is 28.1. The number of hydrogen-bond acceptors (Lipinski definition) is 6. The Kier molecular flexibility index (Phi) is 9.99. The number of carbonyl (C=O) groups excluding carboxylic acids is 5. The topological polar surface area (TPSA) is 134 Å². The van der Waals surface area contributed by atoms with Crippen molar-refractivity contribution in [1.82, 2.24) is 20.9 Å². The maximum absolute atomic E-state index is 13.5. The third-order valence-electron chi connectivity index (χ3n) is 6.61. The maximum Gasteiger partial charge on any atom is 0.407 e. The number of hydrogen-bond donors (Lipinski definition) is 3. The highest BCUT2D eigenvalue weighted by molar-refractivity contribution is 5.88. The van der Waals surface area contributed by atoms with E-state index >= 15 is 0 Å². The zero-order valence-electron chi connectivity index (χ0n) is 21.2. The summed E-state index contributed by atoms with van der Waals surface area (Å²) in [5.41, 5.74) is 0.637. The molecule has 10 nitrogen and oxygen atoms in total. The van der Waals surface area contributed by atoms with Gasteiger partial charge in [-0.3, -0.25) is 14.4 Å². The summed E-state index contributed by atoms with van der Waals surface area (Å²) in [6.45, 7) is 4.45. The molecule has 2 heterocycles. The second-order valence-electron chi connectivity index (χ2n) is 10.0. The fraction of sp³-hybridized carbons (Fsp3) is 0.577. The molecule has 11 heteroatoms. The van der Waals surface area contributed by atoms with Gasteiger partial charge in [0, 0.05) is 25.4 Å². The van der Waals surface area contributed by atoms with Crippen molar-refractivity contribution in [2.45, 2.75) is 70.6 Å². The molecule has 0 spiro atoms. The summed E-state index contributed by atoms with van der Waals surface area (Å²) in [6.07, 6.45) is 1.67. The van der Waals surface area contributed by atoms with Gasteiger partial charge in [-0.25, -0.2) is 9.18 Å². The average Bonchev–Trinajstić information content (AvgIpc) is 3.41. The number of ether oxygens (including phenoxy) is 1. The van der Waals surface area contributed by atoms with E-state index in [0.29, 0.717) is 44.1 Å². The van der Waals surface area contributed by atoms with Gasteiger partial charge in [0.15, 0.2) is 0 Å². The zero-order chi connectivity index (χ0) is 26.9. The van der Waals surface area contributed by atoms with Crippen molar-refractivity contribution in [1.29, 1.82) is 0 Å². The monoisotopic (exact) mass is 518 g/mol. The number of carbonyl (C=O) groups is 5. The first-order valence-corrected chi connectivity index (χ1v) is 12.7. The smallest absolute Gasteiger partial charge is 0.407 e. The maximum atomic E-state index is 13.5. The summed E-state index contributed by atoms with van der Waals surface area (Å²) in [5.74, 6) is -1.47. The van der Waals surface area contributed by atoms with E-state index in [-0.39, 0.29) is 49.3 Å². The van der Waals surface area contributed by atoms with Crippen LogP contribution in [0.4, 0.5) is 9.18 Å². The first-order chi connectivity index (χ1) is 17.7. The Morgan fingerprint density at radius 3 is 2.68 bits per heavy atom. The molecule has 4 unspecified atom stereocenters. The van der Waals surface area contributed by atoms with Crippen molar-refractivity contribution >= 4 is 30.1 Å². The van der Waals surface area contributed by atoms with E-state index in [1.807, 2.05) is 13.8 Å². The summed E-state index contributed by atoms with van der Waals surface area (Å²) in [6, 6.07) is 3.82. The number of halogens is 1. The highest BCUT2D eigenvalue weighted by Gasteiger charge is 2.33. The predicted molar refractivity (Wildman–Crippen MR) is 131 cm³/mol. The molecule has 0 radical (unpaired) electrons. The molecule has 0 aliphatic carbocycles. The minimum atomic E-state index is -0.944. The zero-order valence-corrected chi connectivity index (χ0v) is 21.2. The van der Waals surface area contributed by atoms with E-state index in [1.54, 1.807) is 17.0 Å². The SMILES string of the molecule is CC(C)CC(NC(=O)OCC1CCC(=O)N1Cc1cccc(F)c1)C(=O)NC(C=O)CC1CCNC1=O. The summed E-state index contributed by atoms with van der Waals surface area (Å²) in [4.78, 5) is 62.8. The van der Waals surface area contributed by atoms with Gasteiger partial charge in [-0.05, 0) is 49.3 Å². The molecule has 1 aromatic rings. The largest absolute Gasteiger partial charge is 0.447 e. The van der Waals surface area contributed by atoms with E-state index in [2.05, 4.69) is 16.0 Å². The standard InChI is InChI=1S/C26H35FN4O6/c1-16(2)10-22(25(35)29-20(14-32)12-18-8-9-28-24(18)34)30-26(36)37-15-21-6-7-23(33)31(21)13-17-4-3-5-19(27)11-17/h3-5,11,14,16,18,20-22H,6-10,12-13,15H2,1-2H3,(H,28,34)(H,29,35)(H,30,36). The van der Waals surface area contributed by atoms with Crippen LogP contribution in [0, 0.1) is 17.7 Å². The molecule has 2 fully saturated rings. The Morgan fingerprint density at radius 1 is 1.24 bits per heavy atom. The summed E-state index contributed by atoms with van der Waals surface area (Å²) < 4.78 is 18.9. The van der Waals surface area contributed by atoms with Crippen LogP contribution in [0.3, 0.4) is 0 Å². The number of amides is 4. The van der Waals surface area contributed by atoms with Gasteiger partial charge in [0.25, 0.3) is 0 Å². The molecule has 37 heavy (non-hydrogen) atoms. The fourth-order valence-corrected chi connectivity index (χ4v) is 4.68. The molecule has 202 valence electrons. The Bertz CT molecular complexity index is 1000. The van der Waals surface area contributed by atoms with Gasteiger partial charge in [0.2, 0.25) is 17.7 Å². The minimum Gasteiger partial charge on any atom is -0.447 e. The van der Waals surface area contributed by atoms with E-state index in [0.717, 1.165) is 0 Å². The van der Waals surface area contributed by atoms with Gasteiger partial charge in [-0.15, -0.1) is 0 Å². The van der Waals surface area contributed by atoms with E-state index in [1.165, 1.54) is 12.1 Å². The molecule has 3 N–H and O–H groups in total. The molecular weight excluding hydrogens is 483 g/mol. The van der Waals surface area contributed by atoms with Crippen LogP contribution >= 0.6 is 0 Å². The molecule has 2 aliphatic heterocycles. The molecule has 0 bridgehead atoms. The van der Waals surface area contributed by atoms with Crippen molar-refractivity contribution in [3.05, 3.63) is 35.6 Å². The van der Waals surface area contributed by atoms with Crippen LogP contribution in [0.15, 0.2) is 24.3 Å². The van der Waals surface area contributed by atoms with Gasteiger partial charge >= 0.3 is 6.09 Å². The first-order valence-electron chi connectivity index (χ1n) is 12.7. The highest BCUT2D eigenvalue weighted by Crippen LogP contribution is 2.22. The number of nitrogens with zero attached hydrogens (tertiary/aromatic N) is 1. The number of alkyl carbamates (subject to hydrolysis) is 1. The van der Waals surface area contributed by atoms with Crippen LogP contribution < -0.4 is 16.0 Å². The van der Waals surface area contributed by atoms with Gasteiger partial charge in [0.1, 0.15) is 24.8 Å². The van der Waals surface area contributed by atoms with Crippen LogP contribution in [-0.4, -0.2) is 66.3 Å². The minimum absolute atomic E-state index is 0.0561. The predicted octanol–water partition coefficient (Wildman–Crippen LogP) is 1.67. The molecule has 4 atom stereocenters. The Morgan fingerprint density at radius 2 is 2.03 bits per heavy atom. The lowest BCUT2D eigenvalue weighted by Gasteiger charge is -2.26. The van der Waals surface area contributed by atoms with Crippen LogP contribution in [0.5, 0.6) is 0 Å². The van der Waals surface area contributed by atoms with Crippen LogP contribution in [-0.2, 0) is 30.5 Å². The van der Waals surface area contributed by atoms with Gasteiger partial charge < -0.3 is 30.4 Å². The molecular formula is C26H35FN4O6. The van der Waals surface area contributed by atoms with Crippen LogP contribution in [0.2, 0.25) is 0 Å². The van der Waals surface area contributed by atoms with E-state index < -0.39 is 29.9 Å². The molecule has 1 aromatic carbocycles. The fourth-order valence-electron chi connectivity index (χ4n) is 4.68. The van der Waals surface area contributed by atoms with Crippen LogP contribution in [0.1, 0.15) is 51.5 Å². The summed E-state index contributed by atoms with van der Waals surface area (Å²) >= 11 is 0. The number of benzene rings is 1. The lowest BCUT2D eigenvalue weighted by atomic mass is 9.98. The summed E-state index contributed by atoms with van der Waals surface area (Å²) in [7, 11) is 0. The van der Waals surface area contributed by atoms with E-state index in [4.69, 9.17) is 4.74 Å². The molecule has 4 amide bonds. The summed E-state index contributed by atoms with van der Waals surface area (Å²) in [5, 5.41) is 7.90.